The Bertz CT molecular complexity index is 575. The van der Waals surface area contributed by atoms with E-state index in [1.807, 2.05) is 19.1 Å². The van der Waals surface area contributed by atoms with E-state index < -0.39 is 0 Å². The fourth-order valence-electron chi connectivity index (χ4n) is 1.66. The van der Waals surface area contributed by atoms with Gasteiger partial charge in [0.1, 0.15) is 10.8 Å². The summed E-state index contributed by atoms with van der Waals surface area (Å²) in [4.78, 5) is 6.14. The minimum absolute atomic E-state index is 0.399. The van der Waals surface area contributed by atoms with E-state index in [0.717, 1.165) is 23.6 Å². The standard InChI is InChI=1S/C13H15N3S2/c1-8-3-4-18-11(8)7-15-12-6-10(13(14)17)5-9(2)16-12/h3-6H,7H2,1-2H3,(H2,14,17)(H,15,16). The number of nitrogens with two attached hydrogens (primary N) is 1. The minimum Gasteiger partial charge on any atom is -0.389 e. The predicted molar refractivity (Wildman–Crippen MR) is 81.2 cm³/mol. The van der Waals surface area contributed by atoms with Gasteiger partial charge >= 0.3 is 0 Å². The largest absolute Gasteiger partial charge is 0.389 e. The lowest BCUT2D eigenvalue weighted by molar-refractivity contribution is 1.10. The van der Waals surface area contributed by atoms with E-state index in [0.29, 0.717) is 4.99 Å². The van der Waals surface area contributed by atoms with Crippen LogP contribution < -0.4 is 11.1 Å². The van der Waals surface area contributed by atoms with Crippen LogP contribution in [0.4, 0.5) is 5.82 Å². The lowest BCUT2D eigenvalue weighted by Gasteiger charge is -2.08. The van der Waals surface area contributed by atoms with Crippen molar-refractivity contribution in [3.8, 4) is 0 Å². The van der Waals surface area contributed by atoms with Crippen LogP contribution in [0.15, 0.2) is 23.6 Å². The first kappa shape index (κ1) is 13.0. The van der Waals surface area contributed by atoms with Crippen molar-refractivity contribution in [2.24, 2.45) is 5.73 Å². The number of aryl methyl sites for hydroxylation is 2. The number of anilines is 1. The van der Waals surface area contributed by atoms with Gasteiger partial charge in [0.25, 0.3) is 0 Å². The van der Waals surface area contributed by atoms with Gasteiger partial charge in [-0.1, -0.05) is 12.2 Å². The van der Waals surface area contributed by atoms with Crippen molar-refractivity contribution in [1.82, 2.24) is 4.98 Å². The van der Waals surface area contributed by atoms with Crippen LogP contribution >= 0.6 is 23.6 Å². The highest BCUT2D eigenvalue weighted by molar-refractivity contribution is 7.80. The SMILES string of the molecule is Cc1cc(C(N)=S)cc(NCc2sccc2C)n1. The average molecular weight is 277 g/mol. The molecule has 2 aromatic rings. The first-order valence-electron chi connectivity index (χ1n) is 5.61. The van der Waals surface area contributed by atoms with Gasteiger partial charge in [0.15, 0.2) is 0 Å². The van der Waals surface area contributed by atoms with Gasteiger partial charge in [0.2, 0.25) is 0 Å². The lowest BCUT2D eigenvalue weighted by Crippen LogP contribution is -2.11. The summed E-state index contributed by atoms with van der Waals surface area (Å²) in [7, 11) is 0. The molecule has 0 bridgehead atoms. The van der Waals surface area contributed by atoms with Crippen molar-refractivity contribution < 1.29 is 0 Å². The molecule has 0 aliphatic heterocycles. The second kappa shape index (κ2) is 5.46. The molecule has 0 aromatic carbocycles. The molecular weight excluding hydrogens is 262 g/mol. The Morgan fingerprint density at radius 1 is 1.44 bits per heavy atom. The summed E-state index contributed by atoms with van der Waals surface area (Å²) < 4.78 is 0. The van der Waals surface area contributed by atoms with Crippen molar-refractivity contribution in [2.45, 2.75) is 20.4 Å². The Balaban J connectivity index is 2.14. The highest BCUT2D eigenvalue weighted by Crippen LogP contribution is 2.17. The molecule has 0 radical (unpaired) electrons. The van der Waals surface area contributed by atoms with Gasteiger partial charge in [0.05, 0.1) is 6.54 Å². The highest BCUT2D eigenvalue weighted by Gasteiger charge is 2.04. The summed E-state index contributed by atoms with van der Waals surface area (Å²) in [6.07, 6.45) is 0. The molecule has 2 heterocycles. The quantitative estimate of drug-likeness (QED) is 0.844. The molecule has 0 saturated heterocycles. The van der Waals surface area contributed by atoms with Crippen molar-refractivity contribution in [1.29, 1.82) is 0 Å². The highest BCUT2D eigenvalue weighted by atomic mass is 32.1. The number of pyridine rings is 1. The second-order valence-corrected chi connectivity index (χ2v) is 5.57. The molecule has 3 N–H and O–H groups in total. The van der Waals surface area contributed by atoms with Crippen LogP contribution in [0.2, 0.25) is 0 Å². The topological polar surface area (TPSA) is 50.9 Å². The van der Waals surface area contributed by atoms with Crippen LogP contribution in [0.5, 0.6) is 0 Å². The fraction of sp³-hybridized carbons (Fsp3) is 0.231. The summed E-state index contributed by atoms with van der Waals surface area (Å²) >= 11 is 6.73. The van der Waals surface area contributed by atoms with Crippen LogP contribution in [-0.4, -0.2) is 9.97 Å². The molecule has 2 rings (SSSR count). The zero-order valence-electron chi connectivity index (χ0n) is 10.4. The molecule has 18 heavy (non-hydrogen) atoms. The Kier molecular flexibility index (Phi) is 3.93. The Morgan fingerprint density at radius 3 is 2.83 bits per heavy atom. The van der Waals surface area contributed by atoms with E-state index in [4.69, 9.17) is 18.0 Å². The molecule has 5 heteroatoms. The molecule has 0 saturated carbocycles. The van der Waals surface area contributed by atoms with Crippen molar-refractivity contribution >= 4 is 34.4 Å². The smallest absolute Gasteiger partial charge is 0.127 e. The van der Waals surface area contributed by atoms with Crippen LogP contribution in [0.3, 0.4) is 0 Å². The van der Waals surface area contributed by atoms with E-state index in [1.165, 1.54) is 10.4 Å². The molecule has 3 nitrogen and oxygen atoms in total. The first-order chi connectivity index (χ1) is 8.56. The Morgan fingerprint density at radius 2 is 2.22 bits per heavy atom. The molecular formula is C13H15N3S2. The van der Waals surface area contributed by atoms with Crippen LogP contribution in [0.1, 0.15) is 21.7 Å². The number of nitrogens with zero attached hydrogens (tertiary/aromatic N) is 1. The van der Waals surface area contributed by atoms with Crippen molar-refractivity contribution in [3.05, 3.63) is 45.3 Å². The third-order valence-electron chi connectivity index (χ3n) is 2.64. The zero-order chi connectivity index (χ0) is 13.1. The van der Waals surface area contributed by atoms with Crippen molar-refractivity contribution in [2.75, 3.05) is 5.32 Å². The van der Waals surface area contributed by atoms with Crippen LogP contribution in [0.25, 0.3) is 0 Å². The molecule has 0 unspecified atom stereocenters. The number of thiophene rings is 1. The summed E-state index contributed by atoms with van der Waals surface area (Å²) in [5, 5.41) is 5.40. The van der Waals surface area contributed by atoms with Crippen LogP contribution in [0, 0.1) is 13.8 Å². The monoisotopic (exact) mass is 277 g/mol. The number of aromatic nitrogens is 1. The maximum absolute atomic E-state index is 5.64. The minimum atomic E-state index is 0.399. The summed E-state index contributed by atoms with van der Waals surface area (Å²) in [5.41, 5.74) is 8.70. The van der Waals surface area contributed by atoms with E-state index in [2.05, 4.69) is 28.7 Å². The Labute approximate surface area is 116 Å². The number of hydrogen-bond donors (Lipinski definition) is 2. The van der Waals surface area contributed by atoms with E-state index in [1.54, 1.807) is 11.3 Å². The summed E-state index contributed by atoms with van der Waals surface area (Å²) in [5.74, 6) is 0.811. The Hall–Kier alpha value is -1.46. The average Bonchev–Trinajstić information content (AvgIpc) is 2.71. The van der Waals surface area contributed by atoms with Gasteiger partial charge in [0, 0.05) is 16.1 Å². The molecule has 0 fully saturated rings. The van der Waals surface area contributed by atoms with Gasteiger partial charge in [-0.15, -0.1) is 11.3 Å². The fourth-order valence-corrected chi connectivity index (χ4v) is 2.62. The molecule has 0 aliphatic carbocycles. The lowest BCUT2D eigenvalue weighted by atomic mass is 10.2. The number of nitrogens with one attached hydrogen (secondary N) is 1. The van der Waals surface area contributed by atoms with Gasteiger partial charge in [-0.05, 0) is 43.0 Å². The van der Waals surface area contributed by atoms with Crippen molar-refractivity contribution in [3.63, 3.8) is 0 Å². The summed E-state index contributed by atoms with van der Waals surface area (Å²) in [6.45, 7) is 4.82. The van der Waals surface area contributed by atoms with E-state index in [-0.39, 0.29) is 0 Å². The maximum atomic E-state index is 5.64. The van der Waals surface area contributed by atoms with E-state index >= 15 is 0 Å². The van der Waals surface area contributed by atoms with Gasteiger partial charge in [-0.2, -0.15) is 0 Å². The third-order valence-corrected chi connectivity index (χ3v) is 3.89. The number of thiocarbonyl (C=S) groups is 1. The van der Waals surface area contributed by atoms with Gasteiger partial charge in [-0.25, -0.2) is 4.98 Å². The number of hydrogen-bond acceptors (Lipinski definition) is 4. The molecule has 0 atom stereocenters. The number of rotatable bonds is 4. The first-order valence-corrected chi connectivity index (χ1v) is 6.90. The normalized spacial score (nSPS) is 10.3. The molecule has 0 aliphatic rings. The second-order valence-electron chi connectivity index (χ2n) is 4.13. The third kappa shape index (κ3) is 3.05. The molecule has 0 spiro atoms. The molecule has 0 amide bonds. The van der Waals surface area contributed by atoms with Gasteiger partial charge < -0.3 is 11.1 Å². The van der Waals surface area contributed by atoms with Crippen LogP contribution in [-0.2, 0) is 6.54 Å². The molecule has 94 valence electrons. The maximum Gasteiger partial charge on any atom is 0.127 e. The molecule has 2 aromatic heterocycles. The van der Waals surface area contributed by atoms with E-state index in [9.17, 15) is 0 Å². The summed E-state index contributed by atoms with van der Waals surface area (Å²) in [6, 6.07) is 5.90. The van der Waals surface area contributed by atoms with Gasteiger partial charge in [-0.3, -0.25) is 0 Å². The zero-order valence-corrected chi connectivity index (χ0v) is 12.0. The predicted octanol–water partition coefficient (Wildman–Crippen LogP) is 3.01.